The minimum atomic E-state index is -0.199. The second kappa shape index (κ2) is 8.86. The summed E-state index contributed by atoms with van der Waals surface area (Å²) in [7, 11) is 0. The average molecular weight is 345 g/mol. The van der Waals surface area contributed by atoms with Crippen molar-refractivity contribution in [2.45, 2.75) is 19.4 Å². The number of rotatable bonds is 7. The lowest BCUT2D eigenvalue weighted by Crippen LogP contribution is -2.33. The van der Waals surface area contributed by atoms with E-state index in [0.717, 1.165) is 23.3 Å². The summed E-state index contributed by atoms with van der Waals surface area (Å²) in [4.78, 5) is 12.5. The summed E-state index contributed by atoms with van der Waals surface area (Å²) in [6.07, 6.45) is 0.938. The summed E-state index contributed by atoms with van der Waals surface area (Å²) < 4.78 is 5.67. The highest BCUT2D eigenvalue weighted by atomic mass is 16.5. The molecule has 3 aromatic carbocycles. The number of ether oxygens (including phenoxy) is 1. The topological polar surface area (TPSA) is 38.3 Å². The van der Waals surface area contributed by atoms with E-state index in [1.807, 2.05) is 84.9 Å². The Bertz CT molecular complexity index is 792. The zero-order valence-corrected chi connectivity index (χ0v) is 14.9. The molecule has 1 amide bonds. The van der Waals surface area contributed by atoms with Crippen LogP contribution in [0, 0.1) is 0 Å². The van der Waals surface area contributed by atoms with Crippen molar-refractivity contribution < 1.29 is 9.53 Å². The van der Waals surface area contributed by atoms with Crippen molar-refractivity contribution in [3.05, 3.63) is 102 Å². The van der Waals surface area contributed by atoms with Crippen LogP contribution in [-0.2, 0) is 11.2 Å². The largest absolute Gasteiger partial charge is 0.484 e. The van der Waals surface area contributed by atoms with Crippen molar-refractivity contribution in [2.75, 3.05) is 6.61 Å². The number of aryl methyl sites for hydroxylation is 1. The minimum Gasteiger partial charge on any atom is -0.484 e. The van der Waals surface area contributed by atoms with E-state index in [1.54, 1.807) is 0 Å². The van der Waals surface area contributed by atoms with Gasteiger partial charge in [0.1, 0.15) is 5.75 Å². The molecule has 0 bridgehead atoms. The number of hydrogen-bond donors (Lipinski definition) is 1. The lowest BCUT2D eigenvalue weighted by atomic mass is 9.99. The van der Waals surface area contributed by atoms with Gasteiger partial charge in [-0.25, -0.2) is 0 Å². The lowest BCUT2D eigenvalue weighted by molar-refractivity contribution is -0.123. The summed E-state index contributed by atoms with van der Waals surface area (Å²) in [5.41, 5.74) is 3.27. The second-order valence-corrected chi connectivity index (χ2v) is 6.11. The molecule has 0 atom stereocenters. The first-order valence-corrected chi connectivity index (χ1v) is 8.87. The van der Waals surface area contributed by atoms with Crippen molar-refractivity contribution in [3.8, 4) is 5.75 Å². The van der Waals surface area contributed by atoms with Crippen LogP contribution in [0.3, 0.4) is 0 Å². The van der Waals surface area contributed by atoms with Gasteiger partial charge in [0, 0.05) is 0 Å². The smallest absolute Gasteiger partial charge is 0.258 e. The molecule has 3 aromatic rings. The van der Waals surface area contributed by atoms with Crippen molar-refractivity contribution in [1.29, 1.82) is 0 Å². The Morgan fingerprint density at radius 2 is 1.50 bits per heavy atom. The number of carbonyl (C=O) groups is 1. The number of benzene rings is 3. The Hall–Kier alpha value is -3.07. The van der Waals surface area contributed by atoms with E-state index in [2.05, 4.69) is 12.2 Å². The lowest BCUT2D eigenvalue weighted by Gasteiger charge is -2.20. The zero-order valence-electron chi connectivity index (χ0n) is 14.9. The van der Waals surface area contributed by atoms with Gasteiger partial charge in [0.25, 0.3) is 5.91 Å². The molecule has 3 nitrogen and oxygen atoms in total. The molecule has 1 N–H and O–H groups in total. The highest BCUT2D eigenvalue weighted by molar-refractivity contribution is 5.78. The third-order valence-corrected chi connectivity index (χ3v) is 4.25. The van der Waals surface area contributed by atoms with Gasteiger partial charge in [0.2, 0.25) is 0 Å². The molecule has 0 fully saturated rings. The molecule has 0 heterocycles. The Labute approximate surface area is 154 Å². The van der Waals surface area contributed by atoms with Gasteiger partial charge in [-0.15, -0.1) is 0 Å². The van der Waals surface area contributed by atoms with Gasteiger partial charge in [-0.2, -0.15) is 0 Å². The van der Waals surface area contributed by atoms with Gasteiger partial charge in [0.05, 0.1) is 6.04 Å². The highest BCUT2D eigenvalue weighted by Gasteiger charge is 2.16. The number of amides is 1. The predicted molar refractivity (Wildman–Crippen MR) is 104 cm³/mol. The van der Waals surface area contributed by atoms with Gasteiger partial charge in [-0.1, -0.05) is 79.7 Å². The van der Waals surface area contributed by atoms with E-state index in [9.17, 15) is 4.79 Å². The number of carbonyl (C=O) groups excluding carboxylic acids is 1. The molecule has 0 aliphatic carbocycles. The van der Waals surface area contributed by atoms with E-state index in [0.29, 0.717) is 0 Å². The normalized spacial score (nSPS) is 10.5. The van der Waals surface area contributed by atoms with E-state index in [4.69, 9.17) is 4.74 Å². The molecule has 0 unspecified atom stereocenters. The fourth-order valence-corrected chi connectivity index (χ4v) is 2.86. The molecular weight excluding hydrogens is 322 g/mol. The van der Waals surface area contributed by atoms with E-state index < -0.39 is 0 Å². The Kier molecular flexibility index (Phi) is 6.05. The van der Waals surface area contributed by atoms with Crippen LogP contribution in [0.25, 0.3) is 0 Å². The van der Waals surface area contributed by atoms with Crippen LogP contribution < -0.4 is 10.1 Å². The van der Waals surface area contributed by atoms with Crippen LogP contribution in [0.15, 0.2) is 84.9 Å². The second-order valence-electron chi connectivity index (χ2n) is 6.11. The molecule has 3 rings (SSSR count). The molecule has 0 saturated carbocycles. The van der Waals surface area contributed by atoms with Gasteiger partial charge >= 0.3 is 0 Å². The van der Waals surface area contributed by atoms with Crippen molar-refractivity contribution in [3.63, 3.8) is 0 Å². The van der Waals surface area contributed by atoms with Crippen LogP contribution in [0.1, 0.15) is 29.7 Å². The minimum absolute atomic E-state index is 0.0106. The maximum Gasteiger partial charge on any atom is 0.258 e. The molecule has 0 aromatic heterocycles. The average Bonchev–Trinajstić information content (AvgIpc) is 2.72. The fourth-order valence-electron chi connectivity index (χ4n) is 2.86. The molecule has 0 aliphatic rings. The highest BCUT2D eigenvalue weighted by Crippen LogP contribution is 2.21. The Morgan fingerprint density at radius 3 is 2.08 bits per heavy atom. The number of hydrogen-bond acceptors (Lipinski definition) is 2. The van der Waals surface area contributed by atoms with Crippen molar-refractivity contribution >= 4 is 5.91 Å². The van der Waals surface area contributed by atoms with Crippen LogP contribution in [0.4, 0.5) is 0 Å². The zero-order chi connectivity index (χ0) is 18.2. The molecule has 3 heteroatoms. The first-order valence-electron chi connectivity index (χ1n) is 8.87. The van der Waals surface area contributed by atoms with Crippen LogP contribution in [-0.4, -0.2) is 12.5 Å². The first kappa shape index (κ1) is 17.7. The van der Waals surface area contributed by atoms with Gasteiger partial charge in [0.15, 0.2) is 6.61 Å². The molecular formula is C23H23NO2. The molecule has 0 aliphatic heterocycles. The number of nitrogens with one attached hydrogen (secondary N) is 1. The van der Waals surface area contributed by atoms with Crippen LogP contribution in [0.5, 0.6) is 5.75 Å². The maximum absolute atomic E-state index is 12.5. The van der Waals surface area contributed by atoms with E-state index in [1.165, 1.54) is 5.56 Å². The quantitative estimate of drug-likeness (QED) is 0.683. The summed E-state index contributed by atoms with van der Waals surface area (Å²) in [6, 6.07) is 27.6. The van der Waals surface area contributed by atoms with Crippen LogP contribution in [0.2, 0.25) is 0 Å². The van der Waals surface area contributed by atoms with Crippen molar-refractivity contribution in [2.24, 2.45) is 0 Å². The first-order chi connectivity index (χ1) is 12.8. The van der Waals surface area contributed by atoms with E-state index >= 15 is 0 Å². The monoisotopic (exact) mass is 345 g/mol. The summed E-state index contributed by atoms with van der Waals surface area (Å²) in [5, 5.41) is 3.08. The Balaban J connectivity index is 1.69. The van der Waals surface area contributed by atoms with Gasteiger partial charge in [-0.3, -0.25) is 4.79 Å². The maximum atomic E-state index is 12.5. The third-order valence-electron chi connectivity index (χ3n) is 4.25. The summed E-state index contributed by atoms with van der Waals surface area (Å²) >= 11 is 0. The molecule has 26 heavy (non-hydrogen) atoms. The van der Waals surface area contributed by atoms with E-state index in [-0.39, 0.29) is 18.6 Å². The molecule has 0 saturated heterocycles. The molecule has 0 spiro atoms. The third kappa shape index (κ3) is 4.73. The summed E-state index contributed by atoms with van der Waals surface area (Å²) in [5.74, 6) is 0.570. The Morgan fingerprint density at radius 1 is 0.885 bits per heavy atom. The fraction of sp³-hybridized carbons (Fsp3) is 0.174. The molecule has 132 valence electrons. The summed E-state index contributed by atoms with van der Waals surface area (Å²) in [6.45, 7) is 2.08. The van der Waals surface area contributed by atoms with Crippen LogP contribution >= 0.6 is 0 Å². The van der Waals surface area contributed by atoms with Gasteiger partial charge < -0.3 is 10.1 Å². The SMILES string of the molecule is CCc1cccc(OCC(=O)NC(c2ccccc2)c2ccccc2)c1. The van der Waals surface area contributed by atoms with Crippen molar-refractivity contribution in [1.82, 2.24) is 5.32 Å². The standard InChI is InChI=1S/C23H23NO2/c1-2-18-10-9-15-21(16-18)26-17-22(25)24-23(19-11-5-3-6-12-19)20-13-7-4-8-14-20/h3-16,23H,2,17H2,1H3,(H,24,25). The molecule has 0 radical (unpaired) electrons. The van der Waals surface area contributed by atoms with Gasteiger partial charge in [-0.05, 0) is 35.2 Å². The predicted octanol–water partition coefficient (Wildman–Crippen LogP) is 4.53.